The van der Waals surface area contributed by atoms with Crippen LogP contribution in [0.15, 0.2) is 48.0 Å². The number of carbonyl (C=O) groups excluding carboxylic acids is 2. The van der Waals surface area contributed by atoms with E-state index in [1.165, 1.54) is 46.6 Å². The van der Waals surface area contributed by atoms with Crippen molar-refractivity contribution in [2.24, 2.45) is 0 Å². The number of phenolic OH excluding ortho intramolecular Hbond substituents is 1. The first-order valence-corrected chi connectivity index (χ1v) is 11.4. The molecule has 1 amide bonds. The molecule has 1 aliphatic heterocycles. The van der Waals surface area contributed by atoms with Crippen molar-refractivity contribution in [1.29, 1.82) is 0 Å². The van der Waals surface area contributed by atoms with Crippen LogP contribution in [0.1, 0.15) is 48.9 Å². The fourth-order valence-corrected chi connectivity index (χ4v) is 4.51. The minimum Gasteiger partial charge on any atom is -0.507 e. The van der Waals surface area contributed by atoms with Gasteiger partial charge in [-0.15, -0.1) is 10.2 Å². The fourth-order valence-electron chi connectivity index (χ4n) is 3.64. The number of hydrogen-bond donors (Lipinski definition) is 2. The molecule has 0 bridgehead atoms. The summed E-state index contributed by atoms with van der Waals surface area (Å²) >= 11 is 1.17. The number of phenols is 1. The molecule has 0 radical (unpaired) electrons. The van der Waals surface area contributed by atoms with E-state index in [1.807, 2.05) is 13.8 Å². The molecule has 0 saturated carbocycles. The number of aliphatic hydroxyl groups is 1. The van der Waals surface area contributed by atoms with E-state index in [9.17, 15) is 24.2 Å². The van der Waals surface area contributed by atoms with Crippen molar-refractivity contribution in [3.63, 3.8) is 0 Å². The molecule has 2 N–H and O–H groups in total. The summed E-state index contributed by atoms with van der Waals surface area (Å²) in [6.07, 6.45) is 0. The lowest BCUT2D eigenvalue weighted by Gasteiger charge is -2.23. The highest BCUT2D eigenvalue weighted by atomic mass is 32.1. The Bertz CT molecular complexity index is 1290. The maximum Gasteiger partial charge on any atom is 0.301 e. The molecular weight excluding hydrogens is 461 g/mol. The third-order valence-corrected chi connectivity index (χ3v) is 6.51. The van der Waals surface area contributed by atoms with Gasteiger partial charge in [0.1, 0.15) is 16.6 Å². The van der Waals surface area contributed by atoms with Crippen molar-refractivity contribution < 1.29 is 28.9 Å². The lowest BCUT2D eigenvalue weighted by atomic mass is 9.95. The Kier molecular flexibility index (Phi) is 6.34. The number of anilines is 1. The summed E-state index contributed by atoms with van der Waals surface area (Å²) < 4.78 is 18.9. The summed E-state index contributed by atoms with van der Waals surface area (Å²) in [6, 6.07) is 8.28. The topological polar surface area (TPSA) is 113 Å². The Labute approximate surface area is 198 Å². The molecule has 1 saturated heterocycles. The van der Waals surface area contributed by atoms with E-state index in [2.05, 4.69) is 10.2 Å². The number of rotatable bonds is 6. The highest BCUT2D eigenvalue weighted by molar-refractivity contribution is 7.15. The van der Waals surface area contributed by atoms with Gasteiger partial charge in [-0.05, 0) is 48.9 Å². The molecule has 0 spiro atoms. The zero-order chi connectivity index (χ0) is 24.6. The Morgan fingerprint density at radius 1 is 1.18 bits per heavy atom. The predicted octanol–water partition coefficient (Wildman–Crippen LogP) is 4.53. The van der Waals surface area contributed by atoms with Gasteiger partial charge in [-0.25, -0.2) is 4.39 Å². The van der Waals surface area contributed by atoms with Gasteiger partial charge < -0.3 is 14.9 Å². The van der Waals surface area contributed by atoms with E-state index >= 15 is 0 Å². The number of Topliss-reactive ketones (excluding diaryl/α,β-unsaturated/α-hetero) is 1. The lowest BCUT2D eigenvalue weighted by Crippen LogP contribution is -2.29. The minimum atomic E-state index is -1.07. The molecule has 176 valence electrons. The molecule has 0 aliphatic carbocycles. The Morgan fingerprint density at radius 3 is 2.50 bits per heavy atom. The van der Waals surface area contributed by atoms with Gasteiger partial charge in [0.15, 0.2) is 11.5 Å². The van der Waals surface area contributed by atoms with E-state index in [0.29, 0.717) is 10.6 Å². The van der Waals surface area contributed by atoms with Crippen LogP contribution in [0.4, 0.5) is 9.52 Å². The number of hydrogen-bond acceptors (Lipinski definition) is 8. The Balaban J connectivity index is 1.94. The quantitative estimate of drug-likeness (QED) is 0.301. The average molecular weight is 484 g/mol. The summed E-state index contributed by atoms with van der Waals surface area (Å²) in [4.78, 5) is 27.5. The minimum absolute atomic E-state index is 0.0546. The zero-order valence-electron chi connectivity index (χ0n) is 18.7. The highest BCUT2D eigenvalue weighted by Crippen LogP contribution is 2.45. The van der Waals surface area contributed by atoms with Crippen molar-refractivity contribution in [3.05, 3.63) is 70.0 Å². The number of carbonyl (C=O) groups is 2. The first-order valence-electron chi connectivity index (χ1n) is 10.6. The van der Waals surface area contributed by atoms with E-state index in [0.717, 1.165) is 12.1 Å². The molecule has 2 heterocycles. The number of aliphatic hydroxyl groups excluding tert-OH is 1. The molecule has 2 aromatic carbocycles. The molecule has 1 aliphatic rings. The van der Waals surface area contributed by atoms with Crippen molar-refractivity contribution in [3.8, 4) is 11.5 Å². The number of aromatic hydroxyl groups is 1. The molecule has 3 aromatic rings. The van der Waals surface area contributed by atoms with Crippen LogP contribution in [0.3, 0.4) is 0 Å². The largest absolute Gasteiger partial charge is 0.507 e. The fraction of sp³-hybridized carbons (Fsp3) is 0.250. The molecule has 1 aromatic heterocycles. The van der Waals surface area contributed by atoms with E-state index in [1.54, 1.807) is 6.92 Å². The number of benzene rings is 2. The summed E-state index contributed by atoms with van der Waals surface area (Å²) in [5.74, 6) is -2.66. The van der Waals surface area contributed by atoms with Crippen LogP contribution < -0.4 is 9.64 Å². The van der Waals surface area contributed by atoms with Crippen LogP contribution >= 0.6 is 11.3 Å². The molecular formula is C24H22FN3O5S. The second-order valence-corrected chi connectivity index (χ2v) is 8.90. The third kappa shape index (κ3) is 4.12. The average Bonchev–Trinajstić information content (AvgIpc) is 3.39. The molecule has 34 heavy (non-hydrogen) atoms. The normalized spacial score (nSPS) is 17.6. The molecule has 0 unspecified atom stereocenters. The number of aromatic nitrogens is 2. The van der Waals surface area contributed by atoms with Gasteiger partial charge in [-0.3, -0.25) is 14.5 Å². The standard InChI is InChI=1S/C24H22FN3O5S/c1-4-33-17-11-14(7-10-16(17)29)19-18(20(30)13-5-8-15(25)9-6-13)21(31)23(32)28(19)24-27-26-22(34-24)12(2)3/h5-12,19,29-30H,4H2,1-3H3/t19-/m0/s1. The SMILES string of the molecule is CCOc1cc([C@H]2C(=C(O)c3ccc(F)cc3)C(=O)C(=O)N2c2nnc(C(C)C)s2)ccc1O. The van der Waals surface area contributed by atoms with Crippen molar-refractivity contribution in [2.45, 2.75) is 32.7 Å². The molecule has 1 fully saturated rings. The first kappa shape index (κ1) is 23.4. The van der Waals surface area contributed by atoms with Gasteiger partial charge in [0, 0.05) is 11.5 Å². The first-order chi connectivity index (χ1) is 16.2. The molecule has 10 heteroatoms. The predicted molar refractivity (Wildman–Crippen MR) is 124 cm³/mol. The number of halogens is 1. The van der Waals surface area contributed by atoms with Crippen molar-refractivity contribution in [2.75, 3.05) is 11.5 Å². The van der Waals surface area contributed by atoms with Gasteiger partial charge >= 0.3 is 5.91 Å². The Hall–Kier alpha value is -3.79. The van der Waals surface area contributed by atoms with E-state index in [-0.39, 0.29) is 40.3 Å². The van der Waals surface area contributed by atoms with E-state index < -0.39 is 29.3 Å². The summed E-state index contributed by atoms with van der Waals surface area (Å²) in [5, 5.41) is 30.3. The van der Waals surface area contributed by atoms with Gasteiger partial charge in [0.05, 0.1) is 18.2 Å². The van der Waals surface area contributed by atoms with Crippen LogP contribution in [0.25, 0.3) is 5.76 Å². The number of nitrogens with zero attached hydrogens (tertiary/aromatic N) is 3. The van der Waals surface area contributed by atoms with Gasteiger partial charge in [0.25, 0.3) is 5.78 Å². The number of amides is 1. The van der Waals surface area contributed by atoms with Crippen LogP contribution in [0.2, 0.25) is 0 Å². The summed E-state index contributed by atoms with van der Waals surface area (Å²) in [5.41, 5.74) is 0.393. The number of ketones is 1. The van der Waals surface area contributed by atoms with Crippen molar-refractivity contribution in [1.82, 2.24) is 10.2 Å². The zero-order valence-corrected chi connectivity index (χ0v) is 19.5. The second-order valence-electron chi connectivity index (χ2n) is 7.91. The lowest BCUT2D eigenvalue weighted by molar-refractivity contribution is -0.132. The summed E-state index contributed by atoms with van der Waals surface area (Å²) in [7, 11) is 0. The van der Waals surface area contributed by atoms with Crippen molar-refractivity contribution >= 4 is 33.9 Å². The van der Waals surface area contributed by atoms with Crippen LogP contribution in [-0.4, -0.2) is 38.7 Å². The molecule has 1 atom stereocenters. The second kappa shape index (κ2) is 9.22. The van der Waals surface area contributed by atoms with Gasteiger partial charge in [-0.2, -0.15) is 0 Å². The Morgan fingerprint density at radius 2 is 1.88 bits per heavy atom. The third-order valence-electron chi connectivity index (χ3n) is 5.29. The van der Waals surface area contributed by atoms with Crippen LogP contribution in [0.5, 0.6) is 11.5 Å². The molecule has 8 nitrogen and oxygen atoms in total. The maximum atomic E-state index is 13.4. The van der Waals surface area contributed by atoms with Gasteiger partial charge in [-0.1, -0.05) is 31.3 Å². The summed E-state index contributed by atoms with van der Waals surface area (Å²) in [6.45, 7) is 5.89. The van der Waals surface area contributed by atoms with E-state index in [4.69, 9.17) is 4.74 Å². The van der Waals surface area contributed by atoms with Gasteiger partial charge in [0.2, 0.25) is 5.13 Å². The molecule has 4 rings (SSSR count). The smallest absolute Gasteiger partial charge is 0.301 e. The number of ether oxygens (including phenoxy) is 1. The van der Waals surface area contributed by atoms with Crippen LogP contribution in [-0.2, 0) is 9.59 Å². The monoisotopic (exact) mass is 483 g/mol. The maximum absolute atomic E-state index is 13.4. The van der Waals surface area contributed by atoms with Crippen LogP contribution in [0, 0.1) is 5.82 Å². The highest BCUT2D eigenvalue weighted by Gasteiger charge is 2.48.